The zero-order valence-corrected chi connectivity index (χ0v) is 11.6. The summed E-state index contributed by atoms with van der Waals surface area (Å²) >= 11 is 0. The Balaban J connectivity index is 2.24. The van der Waals surface area contributed by atoms with Gasteiger partial charge in [0.1, 0.15) is 0 Å². The van der Waals surface area contributed by atoms with E-state index in [1.807, 2.05) is 0 Å². The zero-order chi connectivity index (χ0) is 15.8. The van der Waals surface area contributed by atoms with Crippen LogP contribution in [0.25, 0.3) is 0 Å². The number of esters is 2. The van der Waals surface area contributed by atoms with Crippen molar-refractivity contribution in [1.29, 1.82) is 0 Å². The molecule has 1 aromatic carbocycles. The van der Waals surface area contributed by atoms with Gasteiger partial charge in [-0.05, 0) is 18.6 Å². The molecule has 112 valence electrons. The van der Waals surface area contributed by atoms with E-state index in [4.69, 9.17) is 9.47 Å². The Kier molecular flexibility index (Phi) is 3.67. The van der Waals surface area contributed by atoms with Gasteiger partial charge in [-0.25, -0.2) is 18.4 Å². The van der Waals surface area contributed by atoms with Gasteiger partial charge in [-0.2, -0.15) is 0 Å². The molecule has 7 heteroatoms. The van der Waals surface area contributed by atoms with Crippen molar-refractivity contribution in [1.82, 2.24) is 0 Å². The lowest BCUT2D eigenvalue weighted by atomic mass is 10.2. The second kappa shape index (κ2) is 5.16. The second-order valence-electron chi connectivity index (χ2n) is 4.94. The summed E-state index contributed by atoms with van der Waals surface area (Å²) in [7, 11) is 0. The molecule has 2 rings (SSSR count). The Labute approximate surface area is 119 Å². The molecule has 1 fully saturated rings. The fourth-order valence-corrected chi connectivity index (χ4v) is 1.69. The standard InChI is InChI=1S/C14H13F2NO4/c1-7-4-5-9(11(16)10(7)15)17-6-8-12(18)20-14(2,3)21-13(8)19/h4-6,17H,1-3H3. The molecular weight excluding hydrogens is 284 g/mol. The summed E-state index contributed by atoms with van der Waals surface area (Å²) in [4.78, 5) is 23.3. The fourth-order valence-electron chi connectivity index (χ4n) is 1.69. The third-order valence-electron chi connectivity index (χ3n) is 2.76. The summed E-state index contributed by atoms with van der Waals surface area (Å²) < 4.78 is 36.7. The quantitative estimate of drug-likeness (QED) is 0.516. The van der Waals surface area contributed by atoms with Crippen LogP contribution in [-0.4, -0.2) is 17.7 Å². The van der Waals surface area contributed by atoms with Gasteiger partial charge in [0.2, 0.25) is 0 Å². The summed E-state index contributed by atoms with van der Waals surface area (Å²) in [5.74, 6) is -5.28. The summed E-state index contributed by atoms with van der Waals surface area (Å²) in [6, 6.07) is 2.65. The van der Waals surface area contributed by atoms with Crippen molar-refractivity contribution in [2.45, 2.75) is 26.6 Å². The molecule has 5 nitrogen and oxygen atoms in total. The number of ether oxygens (including phenoxy) is 2. The molecule has 0 saturated carbocycles. The Morgan fingerprint density at radius 3 is 2.24 bits per heavy atom. The van der Waals surface area contributed by atoms with Gasteiger partial charge < -0.3 is 14.8 Å². The average molecular weight is 297 g/mol. The maximum absolute atomic E-state index is 13.6. The predicted octanol–water partition coefficient (Wildman–Crippen LogP) is 2.41. The number of anilines is 1. The number of benzene rings is 1. The van der Waals surface area contributed by atoms with Crippen molar-refractivity contribution >= 4 is 17.6 Å². The molecule has 1 N–H and O–H groups in total. The molecule has 1 aromatic rings. The van der Waals surface area contributed by atoms with Crippen LogP contribution in [0.3, 0.4) is 0 Å². The zero-order valence-electron chi connectivity index (χ0n) is 11.6. The van der Waals surface area contributed by atoms with Crippen molar-refractivity contribution in [2.75, 3.05) is 5.32 Å². The largest absolute Gasteiger partial charge is 0.419 e. The van der Waals surface area contributed by atoms with Crippen LogP contribution < -0.4 is 5.32 Å². The van der Waals surface area contributed by atoms with E-state index in [1.165, 1.54) is 32.9 Å². The highest BCUT2D eigenvalue weighted by molar-refractivity contribution is 6.15. The number of nitrogens with one attached hydrogen (secondary N) is 1. The Hall–Kier alpha value is -2.44. The number of hydrogen-bond donors (Lipinski definition) is 1. The van der Waals surface area contributed by atoms with Crippen LogP contribution in [0.15, 0.2) is 23.9 Å². The van der Waals surface area contributed by atoms with Crippen LogP contribution in [-0.2, 0) is 19.1 Å². The highest BCUT2D eigenvalue weighted by Crippen LogP contribution is 2.24. The molecule has 0 radical (unpaired) electrons. The van der Waals surface area contributed by atoms with Crippen LogP contribution in [0, 0.1) is 18.6 Å². The van der Waals surface area contributed by atoms with Gasteiger partial charge in [0.15, 0.2) is 17.2 Å². The molecule has 1 aliphatic rings. The van der Waals surface area contributed by atoms with E-state index in [1.54, 1.807) is 0 Å². The van der Waals surface area contributed by atoms with Crippen LogP contribution in [0.1, 0.15) is 19.4 Å². The molecule has 1 saturated heterocycles. The number of carbonyl (C=O) groups excluding carboxylic acids is 2. The number of carbonyl (C=O) groups is 2. The molecule has 0 spiro atoms. The third-order valence-corrected chi connectivity index (χ3v) is 2.76. The summed E-state index contributed by atoms with van der Waals surface area (Å²) in [5, 5.41) is 2.36. The lowest BCUT2D eigenvalue weighted by molar-refractivity contribution is -0.222. The van der Waals surface area contributed by atoms with Crippen LogP contribution in [0.2, 0.25) is 0 Å². The summed E-state index contributed by atoms with van der Waals surface area (Å²) in [6.07, 6.45) is 0.924. The minimum Gasteiger partial charge on any atom is -0.419 e. The Morgan fingerprint density at radius 2 is 1.67 bits per heavy atom. The van der Waals surface area contributed by atoms with Crippen molar-refractivity contribution in [3.63, 3.8) is 0 Å². The van der Waals surface area contributed by atoms with Crippen LogP contribution in [0.4, 0.5) is 14.5 Å². The average Bonchev–Trinajstić information content (AvgIpc) is 2.36. The topological polar surface area (TPSA) is 64.6 Å². The summed E-state index contributed by atoms with van der Waals surface area (Å²) in [6.45, 7) is 4.22. The number of rotatable bonds is 2. The molecule has 0 bridgehead atoms. The molecule has 0 amide bonds. The predicted molar refractivity (Wildman–Crippen MR) is 69.1 cm³/mol. The van der Waals surface area contributed by atoms with Crippen LogP contribution >= 0.6 is 0 Å². The van der Waals surface area contributed by atoms with E-state index in [-0.39, 0.29) is 11.3 Å². The maximum atomic E-state index is 13.6. The molecule has 1 heterocycles. The highest BCUT2D eigenvalue weighted by Gasteiger charge is 2.38. The fraction of sp³-hybridized carbons (Fsp3) is 0.286. The second-order valence-corrected chi connectivity index (χ2v) is 4.94. The minimum absolute atomic E-state index is 0.143. The van der Waals surface area contributed by atoms with E-state index in [2.05, 4.69) is 5.32 Å². The van der Waals surface area contributed by atoms with Crippen molar-refractivity contribution in [2.24, 2.45) is 0 Å². The first kappa shape index (κ1) is 15.0. The van der Waals surface area contributed by atoms with Crippen molar-refractivity contribution in [3.05, 3.63) is 41.1 Å². The molecule has 21 heavy (non-hydrogen) atoms. The van der Waals surface area contributed by atoms with E-state index in [0.29, 0.717) is 0 Å². The SMILES string of the molecule is Cc1ccc(NC=C2C(=O)OC(C)(C)OC2=O)c(F)c1F. The maximum Gasteiger partial charge on any atom is 0.350 e. The van der Waals surface area contributed by atoms with Gasteiger partial charge in [-0.1, -0.05) is 6.07 Å². The third kappa shape index (κ3) is 3.01. The molecule has 0 aromatic heterocycles. The van der Waals surface area contributed by atoms with Crippen LogP contribution in [0.5, 0.6) is 0 Å². The van der Waals surface area contributed by atoms with Gasteiger partial charge >= 0.3 is 11.9 Å². The molecule has 0 atom stereocenters. The van der Waals surface area contributed by atoms with E-state index >= 15 is 0 Å². The minimum atomic E-state index is -1.35. The first-order valence-corrected chi connectivity index (χ1v) is 6.09. The summed E-state index contributed by atoms with van der Waals surface area (Å²) in [5.41, 5.74) is -0.505. The van der Waals surface area contributed by atoms with Gasteiger partial charge in [0, 0.05) is 20.0 Å². The number of hydrogen-bond acceptors (Lipinski definition) is 5. The normalized spacial score (nSPS) is 17.1. The van der Waals surface area contributed by atoms with Gasteiger partial charge in [-0.3, -0.25) is 0 Å². The van der Waals surface area contributed by atoms with Gasteiger partial charge in [-0.15, -0.1) is 0 Å². The smallest absolute Gasteiger partial charge is 0.350 e. The number of halogens is 2. The van der Waals surface area contributed by atoms with E-state index in [0.717, 1.165) is 6.20 Å². The Morgan fingerprint density at radius 1 is 1.10 bits per heavy atom. The molecule has 0 aliphatic carbocycles. The lowest BCUT2D eigenvalue weighted by Crippen LogP contribution is -2.42. The first-order valence-electron chi connectivity index (χ1n) is 6.09. The monoisotopic (exact) mass is 297 g/mol. The Bertz CT molecular complexity index is 631. The molecular formula is C14H13F2NO4. The van der Waals surface area contributed by atoms with Gasteiger partial charge in [0.25, 0.3) is 5.79 Å². The first-order chi connectivity index (χ1) is 9.71. The highest BCUT2D eigenvalue weighted by atomic mass is 19.2. The molecule has 0 unspecified atom stereocenters. The van der Waals surface area contributed by atoms with Crippen molar-refractivity contribution in [3.8, 4) is 0 Å². The van der Waals surface area contributed by atoms with Crippen molar-refractivity contribution < 1.29 is 27.8 Å². The number of aryl methyl sites for hydroxylation is 1. The molecule has 1 aliphatic heterocycles. The van der Waals surface area contributed by atoms with E-state index in [9.17, 15) is 18.4 Å². The number of cyclic esters (lactones) is 2. The van der Waals surface area contributed by atoms with E-state index < -0.39 is 34.9 Å². The van der Waals surface area contributed by atoms with Gasteiger partial charge in [0.05, 0.1) is 5.69 Å². The lowest BCUT2D eigenvalue weighted by Gasteiger charge is -2.29.